The third kappa shape index (κ3) is 6.00. The van der Waals surface area contributed by atoms with Gasteiger partial charge in [-0.15, -0.1) is 0 Å². The van der Waals surface area contributed by atoms with Crippen molar-refractivity contribution >= 4 is 11.5 Å². The maximum atomic E-state index is 14.8. The molecular weight excluding hydrogens is 407 g/mol. The Labute approximate surface area is 189 Å². The number of carboxylic acids is 1. The zero-order chi connectivity index (χ0) is 23.3. The smallest absolute Gasteiger partial charge is 0.303 e. The quantitative estimate of drug-likeness (QED) is 0.515. The van der Waals surface area contributed by atoms with Crippen LogP contribution in [-0.2, 0) is 11.2 Å². The minimum atomic E-state index is -0.805. The highest BCUT2D eigenvalue weighted by Crippen LogP contribution is 2.42. The van der Waals surface area contributed by atoms with Crippen LogP contribution in [0.2, 0.25) is 0 Å². The van der Waals surface area contributed by atoms with Gasteiger partial charge in [0.25, 0.3) is 0 Å². The first-order chi connectivity index (χ1) is 15.2. The summed E-state index contributed by atoms with van der Waals surface area (Å²) < 4.78 is 26.1. The molecule has 170 valence electrons. The van der Waals surface area contributed by atoms with Crippen molar-refractivity contribution in [2.45, 2.75) is 46.5 Å². The highest BCUT2D eigenvalue weighted by Gasteiger charge is 2.26. The van der Waals surface area contributed by atoms with Crippen LogP contribution in [-0.4, -0.2) is 24.8 Å². The summed E-state index contributed by atoms with van der Waals surface area (Å²) in [6, 6.07) is 12.3. The SMILES string of the molecule is COc1ccc(F)c(C2=C(C(C)(C)C)CCC(COc3ccc(CCC(=O)O)cc3)=C2)c1. The summed E-state index contributed by atoms with van der Waals surface area (Å²) in [4.78, 5) is 10.7. The molecule has 0 saturated heterocycles. The van der Waals surface area contributed by atoms with E-state index in [0.29, 0.717) is 24.3 Å². The lowest BCUT2D eigenvalue weighted by molar-refractivity contribution is -0.136. The van der Waals surface area contributed by atoms with Gasteiger partial charge >= 0.3 is 5.97 Å². The Morgan fingerprint density at radius 3 is 2.38 bits per heavy atom. The largest absolute Gasteiger partial charge is 0.497 e. The standard InChI is InChI=1S/C27H31FO4/c1-27(2,3)24-12-7-19(15-22(24)23-16-21(31-4)11-13-25(23)28)17-32-20-9-5-18(6-10-20)8-14-26(29)30/h5-6,9-11,13,15-16H,7-8,12,14,17H2,1-4H3,(H,29,30). The maximum absolute atomic E-state index is 14.8. The van der Waals surface area contributed by atoms with Crippen molar-refractivity contribution < 1.29 is 23.8 Å². The van der Waals surface area contributed by atoms with Gasteiger partial charge in [0.15, 0.2) is 0 Å². The van der Waals surface area contributed by atoms with Gasteiger partial charge in [-0.1, -0.05) is 44.6 Å². The lowest BCUT2D eigenvalue weighted by Crippen LogP contribution is -2.16. The lowest BCUT2D eigenvalue weighted by atomic mass is 9.75. The van der Waals surface area contributed by atoms with Crippen molar-refractivity contribution in [2.24, 2.45) is 5.41 Å². The Balaban J connectivity index is 1.81. The monoisotopic (exact) mass is 438 g/mol. The van der Waals surface area contributed by atoms with E-state index in [2.05, 4.69) is 26.8 Å². The molecule has 4 nitrogen and oxygen atoms in total. The molecule has 1 N–H and O–H groups in total. The van der Waals surface area contributed by atoms with E-state index in [1.54, 1.807) is 19.2 Å². The first kappa shape index (κ1) is 23.6. The van der Waals surface area contributed by atoms with Crippen molar-refractivity contribution in [1.29, 1.82) is 0 Å². The van der Waals surface area contributed by atoms with Gasteiger partial charge in [0.2, 0.25) is 0 Å². The van der Waals surface area contributed by atoms with Gasteiger partial charge in [-0.05, 0) is 71.7 Å². The maximum Gasteiger partial charge on any atom is 0.303 e. The minimum Gasteiger partial charge on any atom is -0.497 e. The number of aryl methyl sites for hydroxylation is 1. The number of halogens is 1. The normalized spacial score (nSPS) is 14.2. The molecule has 0 heterocycles. The predicted molar refractivity (Wildman–Crippen MR) is 125 cm³/mol. The number of methoxy groups -OCH3 is 1. The number of rotatable bonds is 8. The fourth-order valence-corrected chi connectivity index (χ4v) is 3.93. The summed E-state index contributed by atoms with van der Waals surface area (Å²) in [5, 5.41) is 8.81. The van der Waals surface area contributed by atoms with Crippen LogP contribution in [0.25, 0.3) is 5.57 Å². The molecule has 0 aromatic heterocycles. The molecule has 0 radical (unpaired) electrons. The van der Waals surface area contributed by atoms with Gasteiger partial charge in [-0.2, -0.15) is 0 Å². The first-order valence-electron chi connectivity index (χ1n) is 10.9. The van der Waals surface area contributed by atoms with E-state index in [9.17, 15) is 9.18 Å². The van der Waals surface area contributed by atoms with Gasteiger partial charge in [0, 0.05) is 12.0 Å². The molecule has 5 heteroatoms. The summed E-state index contributed by atoms with van der Waals surface area (Å²) in [5.74, 6) is 0.282. The Morgan fingerprint density at radius 2 is 1.75 bits per heavy atom. The minimum absolute atomic E-state index is 0.0838. The molecule has 0 fully saturated rings. The number of ether oxygens (including phenoxy) is 2. The van der Waals surface area contributed by atoms with Crippen LogP contribution in [0.3, 0.4) is 0 Å². The van der Waals surface area contributed by atoms with Gasteiger partial charge < -0.3 is 14.6 Å². The molecule has 1 aliphatic carbocycles. The second-order valence-corrected chi connectivity index (χ2v) is 9.12. The van der Waals surface area contributed by atoms with Crippen molar-refractivity contribution in [3.63, 3.8) is 0 Å². The number of carboxylic acid groups (broad SMARTS) is 1. The van der Waals surface area contributed by atoms with E-state index in [-0.39, 0.29) is 17.7 Å². The third-order valence-corrected chi connectivity index (χ3v) is 5.71. The molecule has 0 saturated carbocycles. The van der Waals surface area contributed by atoms with Crippen molar-refractivity contribution in [2.75, 3.05) is 13.7 Å². The number of aliphatic carboxylic acids is 1. The number of allylic oxidation sites excluding steroid dienone is 3. The average molecular weight is 439 g/mol. The van der Waals surface area contributed by atoms with E-state index < -0.39 is 5.97 Å². The number of carbonyl (C=O) groups is 1. The Kier molecular flexibility index (Phi) is 7.39. The molecule has 3 rings (SSSR count). The van der Waals surface area contributed by atoms with Crippen LogP contribution in [0.1, 0.15) is 51.2 Å². The molecule has 1 aliphatic rings. The van der Waals surface area contributed by atoms with Gasteiger partial charge in [0.1, 0.15) is 23.9 Å². The van der Waals surface area contributed by atoms with Crippen LogP contribution in [0.5, 0.6) is 11.5 Å². The van der Waals surface area contributed by atoms with Gasteiger partial charge in [0.05, 0.1) is 7.11 Å². The third-order valence-electron chi connectivity index (χ3n) is 5.71. The molecule has 0 bridgehead atoms. The van der Waals surface area contributed by atoms with Crippen LogP contribution in [0, 0.1) is 11.2 Å². The summed E-state index contributed by atoms with van der Waals surface area (Å²) in [7, 11) is 1.58. The first-order valence-corrected chi connectivity index (χ1v) is 10.9. The molecule has 0 aliphatic heterocycles. The molecule has 2 aromatic rings. The molecular formula is C27H31FO4. The highest BCUT2D eigenvalue weighted by molar-refractivity contribution is 5.80. The topological polar surface area (TPSA) is 55.8 Å². The van der Waals surface area contributed by atoms with Gasteiger partial charge in [-0.3, -0.25) is 4.79 Å². The Morgan fingerprint density at radius 1 is 1.06 bits per heavy atom. The fourth-order valence-electron chi connectivity index (χ4n) is 3.93. The van der Waals surface area contributed by atoms with Crippen molar-refractivity contribution in [3.8, 4) is 11.5 Å². The zero-order valence-corrected chi connectivity index (χ0v) is 19.2. The Bertz CT molecular complexity index is 1030. The van der Waals surface area contributed by atoms with Crippen molar-refractivity contribution in [3.05, 3.63) is 76.6 Å². The molecule has 0 amide bonds. The summed E-state index contributed by atoms with van der Waals surface area (Å²) in [5.41, 5.74) is 4.66. The van der Waals surface area contributed by atoms with E-state index in [1.165, 1.54) is 11.6 Å². The lowest BCUT2D eigenvalue weighted by Gasteiger charge is -2.30. The van der Waals surface area contributed by atoms with Crippen LogP contribution < -0.4 is 9.47 Å². The van der Waals surface area contributed by atoms with Crippen molar-refractivity contribution in [1.82, 2.24) is 0 Å². The summed E-state index contributed by atoms with van der Waals surface area (Å²) in [6.45, 7) is 6.88. The van der Waals surface area contributed by atoms with Gasteiger partial charge in [-0.25, -0.2) is 4.39 Å². The molecule has 0 spiro atoms. The van der Waals surface area contributed by atoms with Crippen LogP contribution in [0.4, 0.5) is 4.39 Å². The fraction of sp³-hybridized carbons (Fsp3) is 0.370. The average Bonchev–Trinajstić information content (AvgIpc) is 2.76. The second-order valence-electron chi connectivity index (χ2n) is 9.12. The van der Waals surface area contributed by atoms with E-state index >= 15 is 0 Å². The highest BCUT2D eigenvalue weighted by atomic mass is 19.1. The Hall–Kier alpha value is -3.08. The summed E-state index contributed by atoms with van der Waals surface area (Å²) in [6.07, 6.45) is 4.37. The van der Waals surface area contributed by atoms with E-state index in [1.807, 2.05) is 24.3 Å². The second kappa shape index (κ2) is 10.0. The molecule has 2 aromatic carbocycles. The molecule has 32 heavy (non-hydrogen) atoms. The number of benzene rings is 2. The molecule has 0 unspecified atom stereocenters. The van der Waals surface area contributed by atoms with Crippen LogP contribution in [0.15, 0.2) is 59.7 Å². The summed E-state index contributed by atoms with van der Waals surface area (Å²) >= 11 is 0. The van der Waals surface area contributed by atoms with E-state index in [0.717, 1.165) is 35.3 Å². The van der Waals surface area contributed by atoms with Crippen LogP contribution >= 0.6 is 0 Å². The molecule has 0 atom stereocenters. The predicted octanol–water partition coefficient (Wildman–Crippen LogP) is 6.45. The van der Waals surface area contributed by atoms with E-state index in [4.69, 9.17) is 14.6 Å². The number of hydrogen-bond acceptors (Lipinski definition) is 3. The zero-order valence-electron chi connectivity index (χ0n) is 19.2. The number of hydrogen-bond donors (Lipinski definition) is 1.